The Balaban J connectivity index is 1.82. The van der Waals surface area contributed by atoms with Crippen LogP contribution >= 0.6 is 15.9 Å². The van der Waals surface area contributed by atoms with Crippen molar-refractivity contribution in [1.82, 2.24) is 15.0 Å². The Morgan fingerprint density at radius 3 is 2.52 bits per heavy atom. The van der Waals surface area contributed by atoms with Crippen molar-refractivity contribution in [3.8, 4) is 5.75 Å². The van der Waals surface area contributed by atoms with Crippen LogP contribution in [0, 0.1) is 0 Å². The first kappa shape index (κ1) is 16.0. The lowest BCUT2D eigenvalue weighted by atomic mass is 9.87. The smallest absolute Gasteiger partial charge is 0.119 e. The van der Waals surface area contributed by atoms with E-state index >= 15 is 0 Å². The molecule has 0 spiro atoms. The van der Waals surface area contributed by atoms with Crippen LogP contribution in [0.4, 0.5) is 0 Å². The van der Waals surface area contributed by atoms with Gasteiger partial charge in [0.2, 0.25) is 0 Å². The van der Waals surface area contributed by atoms with E-state index in [1.54, 1.807) is 0 Å². The Kier molecular flexibility index (Phi) is 5.39. The predicted octanol–water partition coefficient (Wildman–Crippen LogP) is 3.59. The number of aromatic nitrogens is 3. The molecule has 1 aromatic heterocycles. The highest BCUT2D eigenvalue weighted by Crippen LogP contribution is 2.24. The molecule has 0 bridgehead atoms. The topological polar surface area (TPSA) is 39.9 Å². The molecule has 4 nitrogen and oxygen atoms in total. The van der Waals surface area contributed by atoms with Crippen LogP contribution in [0.25, 0.3) is 0 Å². The Hall–Kier alpha value is -1.36. The Morgan fingerprint density at radius 2 is 1.90 bits per heavy atom. The summed E-state index contributed by atoms with van der Waals surface area (Å²) in [5.74, 6) is 0.892. The minimum atomic E-state index is 0.172. The first-order valence-corrected chi connectivity index (χ1v) is 8.29. The normalized spacial score (nSPS) is 11.6. The first-order chi connectivity index (χ1) is 9.99. The van der Waals surface area contributed by atoms with Gasteiger partial charge in [-0.25, -0.2) is 4.68 Å². The molecule has 0 saturated carbocycles. The fraction of sp³-hybridized carbons (Fsp3) is 0.500. The summed E-state index contributed by atoms with van der Waals surface area (Å²) in [6, 6.07) is 8.30. The largest absolute Gasteiger partial charge is 0.492 e. The molecule has 2 rings (SSSR count). The van der Waals surface area contributed by atoms with Crippen LogP contribution in [0.3, 0.4) is 0 Å². The highest BCUT2D eigenvalue weighted by atomic mass is 79.9. The monoisotopic (exact) mass is 351 g/mol. The molecule has 0 atom stereocenters. The van der Waals surface area contributed by atoms with E-state index in [2.05, 4.69) is 59.1 Å². The van der Waals surface area contributed by atoms with Crippen LogP contribution in [0.1, 0.15) is 32.0 Å². The van der Waals surface area contributed by atoms with Gasteiger partial charge in [0, 0.05) is 17.9 Å². The lowest BCUT2D eigenvalue weighted by Crippen LogP contribution is -2.11. The maximum absolute atomic E-state index is 5.75. The number of nitrogens with zero attached hydrogens (tertiary/aromatic N) is 3. The molecule has 0 unspecified atom stereocenters. The quantitative estimate of drug-likeness (QED) is 0.746. The van der Waals surface area contributed by atoms with Crippen LogP contribution in [-0.2, 0) is 18.4 Å². The minimum Gasteiger partial charge on any atom is -0.492 e. The lowest BCUT2D eigenvalue weighted by molar-refractivity contribution is 0.289. The molecule has 5 heteroatoms. The molecule has 0 aliphatic heterocycles. The molecule has 114 valence electrons. The molecule has 0 amide bonds. The highest BCUT2D eigenvalue weighted by molar-refractivity contribution is 9.09. The van der Waals surface area contributed by atoms with Crippen molar-refractivity contribution >= 4 is 15.9 Å². The second-order valence-corrected chi connectivity index (χ2v) is 6.83. The first-order valence-electron chi connectivity index (χ1n) is 7.17. The van der Waals surface area contributed by atoms with E-state index in [0.717, 1.165) is 23.2 Å². The summed E-state index contributed by atoms with van der Waals surface area (Å²) in [7, 11) is 0. The summed E-state index contributed by atoms with van der Waals surface area (Å²) < 4.78 is 7.57. The molecule has 0 aliphatic rings. The maximum atomic E-state index is 5.75. The second kappa shape index (κ2) is 7.07. The van der Waals surface area contributed by atoms with Gasteiger partial charge in [-0.1, -0.05) is 54.0 Å². The number of aryl methyl sites for hydroxylation is 1. The molecule has 1 aromatic carbocycles. The third kappa shape index (κ3) is 4.84. The van der Waals surface area contributed by atoms with Crippen LogP contribution in [-0.4, -0.2) is 26.9 Å². The van der Waals surface area contributed by atoms with Gasteiger partial charge >= 0.3 is 0 Å². The molecule has 0 saturated heterocycles. The number of benzene rings is 1. The Morgan fingerprint density at radius 1 is 1.19 bits per heavy atom. The third-order valence-electron chi connectivity index (χ3n) is 3.25. The van der Waals surface area contributed by atoms with Crippen LogP contribution < -0.4 is 4.74 Å². The van der Waals surface area contributed by atoms with Crippen molar-refractivity contribution in [3.05, 3.63) is 41.7 Å². The van der Waals surface area contributed by atoms with Crippen LogP contribution in [0.15, 0.2) is 30.5 Å². The summed E-state index contributed by atoms with van der Waals surface area (Å²) in [5, 5.41) is 9.08. The van der Waals surface area contributed by atoms with Gasteiger partial charge in [-0.05, 0) is 23.1 Å². The van der Waals surface area contributed by atoms with E-state index in [9.17, 15) is 0 Å². The van der Waals surface area contributed by atoms with Crippen molar-refractivity contribution in [2.45, 2.75) is 39.2 Å². The van der Waals surface area contributed by atoms with E-state index in [4.69, 9.17) is 4.74 Å². The van der Waals surface area contributed by atoms with E-state index in [0.29, 0.717) is 13.2 Å². The van der Waals surface area contributed by atoms with E-state index < -0.39 is 0 Å². The number of hydrogen-bond acceptors (Lipinski definition) is 3. The summed E-state index contributed by atoms with van der Waals surface area (Å²) in [6.07, 6.45) is 2.86. The van der Waals surface area contributed by atoms with Crippen LogP contribution in [0.2, 0.25) is 0 Å². The molecule has 0 N–H and O–H groups in total. The van der Waals surface area contributed by atoms with Crippen LogP contribution in [0.5, 0.6) is 5.75 Å². The maximum Gasteiger partial charge on any atom is 0.119 e. The average molecular weight is 352 g/mol. The van der Waals surface area contributed by atoms with Crippen molar-refractivity contribution in [1.29, 1.82) is 0 Å². The highest BCUT2D eigenvalue weighted by Gasteiger charge is 2.12. The van der Waals surface area contributed by atoms with Crippen molar-refractivity contribution in [2.24, 2.45) is 0 Å². The van der Waals surface area contributed by atoms with E-state index in [-0.39, 0.29) is 5.41 Å². The van der Waals surface area contributed by atoms with E-state index in [1.165, 1.54) is 5.56 Å². The van der Waals surface area contributed by atoms with Gasteiger partial charge in [0.05, 0.1) is 12.2 Å². The fourth-order valence-corrected chi connectivity index (χ4v) is 2.37. The van der Waals surface area contributed by atoms with Crippen molar-refractivity contribution in [2.75, 3.05) is 11.9 Å². The zero-order valence-electron chi connectivity index (χ0n) is 12.8. The molecule has 21 heavy (non-hydrogen) atoms. The van der Waals surface area contributed by atoms with Crippen molar-refractivity contribution in [3.63, 3.8) is 0 Å². The molecular weight excluding hydrogens is 330 g/mol. The predicted molar refractivity (Wildman–Crippen MR) is 88.2 cm³/mol. The summed E-state index contributed by atoms with van der Waals surface area (Å²) in [6.45, 7) is 7.91. The third-order valence-corrected chi connectivity index (χ3v) is 3.64. The number of ether oxygens (including phenoxy) is 1. The zero-order chi connectivity index (χ0) is 15.3. The van der Waals surface area contributed by atoms with Gasteiger partial charge in [0.25, 0.3) is 0 Å². The summed E-state index contributed by atoms with van der Waals surface area (Å²) in [4.78, 5) is 0. The molecule has 1 heterocycles. The summed E-state index contributed by atoms with van der Waals surface area (Å²) >= 11 is 3.40. The molecular formula is C16H22BrN3O. The Bertz CT molecular complexity index is 558. The fourth-order valence-electron chi connectivity index (χ4n) is 1.97. The zero-order valence-corrected chi connectivity index (χ0v) is 14.4. The lowest BCUT2D eigenvalue weighted by Gasteiger charge is -2.19. The van der Waals surface area contributed by atoms with Gasteiger partial charge in [-0.3, -0.25) is 0 Å². The SMILES string of the molecule is CC(C)(C)c1ccc(OCCn2cc(CCBr)nn2)cc1. The molecule has 0 aliphatic carbocycles. The number of rotatable bonds is 6. The standard InChI is InChI=1S/C16H22BrN3O/c1-16(2,3)13-4-6-15(7-5-13)21-11-10-20-12-14(8-9-17)18-19-20/h4-7,12H,8-11H2,1-3H3. The molecule has 0 fully saturated rings. The second-order valence-electron chi connectivity index (χ2n) is 6.03. The minimum absolute atomic E-state index is 0.172. The van der Waals surface area contributed by atoms with Gasteiger partial charge in [-0.15, -0.1) is 5.10 Å². The van der Waals surface area contributed by atoms with Gasteiger partial charge < -0.3 is 4.74 Å². The average Bonchev–Trinajstić information content (AvgIpc) is 2.86. The molecule has 0 radical (unpaired) electrons. The number of alkyl halides is 1. The van der Waals surface area contributed by atoms with Gasteiger partial charge in [0.1, 0.15) is 12.4 Å². The summed E-state index contributed by atoms with van der Waals surface area (Å²) in [5.41, 5.74) is 2.48. The molecule has 2 aromatic rings. The van der Waals surface area contributed by atoms with Crippen molar-refractivity contribution < 1.29 is 4.74 Å². The van der Waals surface area contributed by atoms with Gasteiger partial charge in [-0.2, -0.15) is 0 Å². The number of hydrogen-bond donors (Lipinski definition) is 0. The van der Waals surface area contributed by atoms with E-state index in [1.807, 2.05) is 23.0 Å². The number of halogens is 1. The Labute approximate surface area is 134 Å². The van der Waals surface area contributed by atoms with Gasteiger partial charge in [0.15, 0.2) is 0 Å².